The topological polar surface area (TPSA) is 83.8 Å². The van der Waals surface area contributed by atoms with E-state index >= 15 is 0 Å². The van der Waals surface area contributed by atoms with Gasteiger partial charge in [-0.3, -0.25) is 4.79 Å². The van der Waals surface area contributed by atoms with Gasteiger partial charge in [-0.15, -0.1) is 0 Å². The van der Waals surface area contributed by atoms with Gasteiger partial charge in [-0.25, -0.2) is 9.59 Å². The van der Waals surface area contributed by atoms with E-state index in [2.05, 4.69) is 12.2 Å². The van der Waals surface area contributed by atoms with Gasteiger partial charge in [0.1, 0.15) is 18.0 Å². The number of carbonyl (C=O) groups excluding carboxylic acids is 3. The van der Waals surface area contributed by atoms with Crippen molar-refractivity contribution in [2.45, 2.75) is 64.8 Å². The van der Waals surface area contributed by atoms with Gasteiger partial charge in [0.25, 0.3) is 0 Å². The first-order chi connectivity index (χ1) is 14.0. The summed E-state index contributed by atoms with van der Waals surface area (Å²) in [6.07, 6.45) is 12.9. The minimum absolute atomic E-state index is 0.0507. The van der Waals surface area contributed by atoms with Crippen molar-refractivity contribution in [2.24, 2.45) is 0 Å². The average molecular weight is 405 g/mol. The van der Waals surface area contributed by atoms with E-state index in [1.54, 1.807) is 4.57 Å². The number of hydrogen-bond acceptors (Lipinski definition) is 6. The molecule has 0 unspecified atom stereocenters. The first-order valence-corrected chi connectivity index (χ1v) is 10.2. The molecule has 2 aliphatic carbocycles. The Morgan fingerprint density at radius 2 is 1.31 bits per heavy atom. The Bertz CT molecular complexity index is 706. The van der Waals surface area contributed by atoms with E-state index in [0.29, 0.717) is 24.2 Å². The molecule has 0 N–H and O–H groups in total. The standard InChI is InChI=1S/C18H23NO6.C4H8/c1-12(20)25-11-10-19-15(17(21)23-2)13-8-6-4-5-7-9-14(13)16(19)18(22)24-3;1-2-4-3-1/h4-5H,6-11H2,1-3H3;1-4H2/b5-4+;. The molecule has 0 atom stereocenters. The van der Waals surface area contributed by atoms with Crippen molar-refractivity contribution in [3.05, 3.63) is 34.7 Å². The molecule has 0 spiro atoms. The van der Waals surface area contributed by atoms with Gasteiger partial charge in [0.05, 0.1) is 20.8 Å². The fraction of sp³-hybridized carbons (Fsp3) is 0.591. The highest BCUT2D eigenvalue weighted by atomic mass is 16.5. The van der Waals surface area contributed by atoms with E-state index in [1.165, 1.54) is 46.8 Å². The Morgan fingerprint density at radius 3 is 1.66 bits per heavy atom. The Labute approximate surface area is 172 Å². The highest BCUT2D eigenvalue weighted by Crippen LogP contribution is 2.29. The summed E-state index contributed by atoms with van der Waals surface area (Å²) in [5, 5.41) is 0. The van der Waals surface area contributed by atoms with Crippen LogP contribution in [-0.2, 0) is 38.4 Å². The lowest BCUT2D eigenvalue weighted by atomic mass is 9.97. The molecular formula is C22H31NO6. The zero-order chi connectivity index (χ0) is 21.2. The average Bonchev–Trinajstić information content (AvgIpc) is 2.91. The van der Waals surface area contributed by atoms with Gasteiger partial charge in [0.2, 0.25) is 0 Å². The summed E-state index contributed by atoms with van der Waals surface area (Å²) >= 11 is 0. The van der Waals surface area contributed by atoms with Gasteiger partial charge in [-0.2, -0.15) is 0 Å². The molecule has 29 heavy (non-hydrogen) atoms. The van der Waals surface area contributed by atoms with Crippen LogP contribution in [0.25, 0.3) is 0 Å². The zero-order valence-electron chi connectivity index (χ0n) is 17.6. The molecule has 0 amide bonds. The molecule has 1 fully saturated rings. The number of hydrogen-bond donors (Lipinski definition) is 0. The summed E-state index contributed by atoms with van der Waals surface area (Å²) in [6, 6.07) is 0. The Balaban J connectivity index is 0.000000666. The number of fused-ring (bicyclic) bond motifs is 1. The molecule has 3 rings (SSSR count). The fourth-order valence-electron chi connectivity index (χ4n) is 3.37. The third kappa shape index (κ3) is 5.95. The molecule has 1 aromatic rings. The van der Waals surface area contributed by atoms with E-state index in [4.69, 9.17) is 14.2 Å². The predicted molar refractivity (Wildman–Crippen MR) is 108 cm³/mol. The molecule has 7 nitrogen and oxygen atoms in total. The van der Waals surface area contributed by atoms with Gasteiger partial charge in [0, 0.05) is 6.92 Å². The lowest BCUT2D eigenvalue weighted by molar-refractivity contribution is -0.141. The molecule has 7 heteroatoms. The van der Waals surface area contributed by atoms with Crippen molar-refractivity contribution in [1.82, 2.24) is 4.57 Å². The van der Waals surface area contributed by atoms with Crippen molar-refractivity contribution in [1.29, 1.82) is 0 Å². The van der Waals surface area contributed by atoms with E-state index in [1.807, 2.05) is 0 Å². The normalized spacial score (nSPS) is 16.0. The monoisotopic (exact) mass is 405 g/mol. The van der Waals surface area contributed by atoms with Crippen LogP contribution in [0, 0.1) is 0 Å². The van der Waals surface area contributed by atoms with Crippen LogP contribution in [-0.4, -0.2) is 43.3 Å². The molecule has 1 saturated carbocycles. The SMILES string of the molecule is C1CCC1.COC(=O)c1c2c(c(C(=O)OC)n1CCOC(C)=O)CC/C=C/CC2. The van der Waals surface area contributed by atoms with Crippen LogP contribution in [0.4, 0.5) is 0 Å². The van der Waals surface area contributed by atoms with Crippen LogP contribution in [0.15, 0.2) is 12.2 Å². The van der Waals surface area contributed by atoms with Gasteiger partial charge in [-0.1, -0.05) is 37.8 Å². The van der Waals surface area contributed by atoms with Gasteiger partial charge < -0.3 is 18.8 Å². The van der Waals surface area contributed by atoms with Crippen LogP contribution in [0.3, 0.4) is 0 Å². The van der Waals surface area contributed by atoms with Gasteiger partial charge in [0.15, 0.2) is 0 Å². The smallest absolute Gasteiger partial charge is 0.354 e. The number of rotatable bonds is 5. The second-order valence-electron chi connectivity index (χ2n) is 7.09. The number of nitrogens with zero attached hydrogens (tertiary/aromatic N) is 1. The third-order valence-corrected chi connectivity index (χ3v) is 5.14. The minimum Gasteiger partial charge on any atom is -0.464 e. The minimum atomic E-state index is -0.515. The Morgan fingerprint density at radius 1 is 0.862 bits per heavy atom. The largest absolute Gasteiger partial charge is 0.464 e. The maximum atomic E-state index is 12.4. The van der Waals surface area contributed by atoms with E-state index in [9.17, 15) is 14.4 Å². The van der Waals surface area contributed by atoms with Crippen LogP contribution < -0.4 is 0 Å². The van der Waals surface area contributed by atoms with Gasteiger partial charge >= 0.3 is 17.9 Å². The van der Waals surface area contributed by atoms with Crippen LogP contribution in [0.1, 0.15) is 77.6 Å². The van der Waals surface area contributed by atoms with Crippen molar-refractivity contribution >= 4 is 17.9 Å². The predicted octanol–water partition coefficient (Wildman–Crippen LogP) is 3.62. The Hall–Kier alpha value is -2.57. The zero-order valence-corrected chi connectivity index (χ0v) is 17.6. The first-order valence-electron chi connectivity index (χ1n) is 10.2. The summed E-state index contributed by atoms with van der Waals surface area (Å²) < 4.78 is 16.4. The molecule has 0 radical (unpaired) electrons. The highest BCUT2D eigenvalue weighted by Gasteiger charge is 2.31. The summed E-state index contributed by atoms with van der Waals surface area (Å²) in [5.74, 6) is -1.45. The maximum absolute atomic E-state index is 12.4. The second kappa shape index (κ2) is 11.4. The molecule has 160 valence electrons. The lowest BCUT2D eigenvalue weighted by Gasteiger charge is -2.12. The summed E-state index contributed by atoms with van der Waals surface area (Å²) in [5.41, 5.74) is 2.28. The number of carbonyl (C=O) groups is 3. The molecule has 1 heterocycles. The van der Waals surface area contributed by atoms with Gasteiger partial charge in [-0.05, 0) is 36.8 Å². The fourth-order valence-corrected chi connectivity index (χ4v) is 3.37. The number of allylic oxidation sites excluding steroid dienone is 2. The molecule has 2 aliphatic rings. The molecule has 0 aliphatic heterocycles. The van der Waals surface area contributed by atoms with E-state index < -0.39 is 17.9 Å². The third-order valence-electron chi connectivity index (χ3n) is 5.14. The maximum Gasteiger partial charge on any atom is 0.354 e. The quantitative estimate of drug-likeness (QED) is 0.423. The van der Waals surface area contributed by atoms with Crippen molar-refractivity contribution in [3.8, 4) is 0 Å². The number of methoxy groups -OCH3 is 2. The van der Waals surface area contributed by atoms with Crippen molar-refractivity contribution in [2.75, 3.05) is 20.8 Å². The number of ether oxygens (including phenoxy) is 3. The first kappa shape index (κ1) is 22.7. The van der Waals surface area contributed by atoms with Crippen LogP contribution in [0.5, 0.6) is 0 Å². The Kier molecular flexibility index (Phi) is 8.96. The summed E-state index contributed by atoms with van der Waals surface area (Å²) in [4.78, 5) is 35.9. The highest BCUT2D eigenvalue weighted by molar-refractivity contribution is 5.96. The van der Waals surface area contributed by atoms with E-state index in [-0.39, 0.29) is 13.2 Å². The van der Waals surface area contributed by atoms with E-state index in [0.717, 1.165) is 24.0 Å². The van der Waals surface area contributed by atoms with Crippen molar-refractivity contribution in [3.63, 3.8) is 0 Å². The summed E-state index contributed by atoms with van der Waals surface area (Å²) in [6.45, 7) is 1.53. The lowest BCUT2D eigenvalue weighted by Crippen LogP contribution is -2.20. The molecule has 0 bridgehead atoms. The van der Waals surface area contributed by atoms with Crippen molar-refractivity contribution < 1.29 is 28.6 Å². The molecule has 1 aromatic heterocycles. The number of aromatic nitrogens is 1. The molecule has 0 aromatic carbocycles. The molecular weight excluding hydrogens is 374 g/mol. The summed E-state index contributed by atoms with van der Waals surface area (Å²) in [7, 11) is 2.61. The second-order valence-corrected chi connectivity index (χ2v) is 7.09. The van der Waals surface area contributed by atoms with Crippen LogP contribution >= 0.6 is 0 Å². The molecule has 0 saturated heterocycles. The van der Waals surface area contributed by atoms with Crippen LogP contribution in [0.2, 0.25) is 0 Å². The number of esters is 3.